The number of carbonyl (C=O) groups excluding carboxylic acids is 1. The van der Waals surface area contributed by atoms with Crippen molar-refractivity contribution >= 4 is 5.91 Å². The molecule has 1 amide bonds. The van der Waals surface area contributed by atoms with E-state index in [1.807, 2.05) is 0 Å². The SMILES string of the molecule is CCCNC(=O)CC(C)(C)N1CCNCC1. The number of hydrogen-bond donors (Lipinski definition) is 2. The molecule has 16 heavy (non-hydrogen) atoms. The maximum atomic E-state index is 11.7. The minimum absolute atomic E-state index is 0.0279. The number of carbonyl (C=O) groups is 1. The Balaban J connectivity index is 2.39. The van der Waals surface area contributed by atoms with Gasteiger partial charge in [-0.1, -0.05) is 6.92 Å². The summed E-state index contributed by atoms with van der Waals surface area (Å²) < 4.78 is 0. The molecule has 1 aliphatic heterocycles. The molecule has 0 bridgehead atoms. The van der Waals surface area contributed by atoms with Gasteiger partial charge in [-0.3, -0.25) is 9.69 Å². The normalized spacial score (nSPS) is 18.4. The quantitative estimate of drug-likeness (QED) is 0.722. The first kappa shape index (κ1) is 13.5. The Bertz CT molecular complexity index is 222. The Kier molecular flexibility index (Phi) is 5.22. The van der Waals surface area contributed by atoms with E-state index in [9.17, 15) is 4.79 Å². The number of rotatable bonds is 5. The molecule has 1 rings (SSSR count). The first-order valence-corrected chi connectivity index (χ1v) is 6.29. The highest BCUT2D eigenvalue weighted by Gasteiger charge is 2.29. The zero-order valence-electron chi connectivity index (χ0n) is 10.8. The lowest BCUT2D eigenvalue weighted by molar-refractivity contribution is -0.123. The maximum Gasteiger partial charge on any atom is 0.221 e. The van der Waals surface area contributed by atoms with Crippen LogP contribution >= 0.6 is 0 Å². The van der Waals surface area contributed by atoms with E-state index in [1.54, 1.807) is 0 Å². The highest BCUT2D eigenvalue weighted by atomic mass is 16.1. The van der Waals surface area contributed by atoms with Crippen molar-refractivity contribution in [1.82, 2.24) is 15.5 Å². The second-order valence-corrected chi connectivity index (χ2v) is 5.08. The minimum Gasteiger partial charge on any atom is -0.356 e. The number of piperazine rings is 1. The van der Waals surface area contributed by atoms with Crippen molar-refractivity contribution < 1.29 is 4.79 Å². The summed E-state index contributed by atoms with van der Waals surface area (Å²) in [4.78, 5) is 14.1. The molecule has 0 aromatic rings. The van der Waals surface area contributed by atoms with Crippen LogP contribution in [-0.4, -0.2) is 49.1 Å². The van der Waals surface area contributed by atoms with Gasteiger partial charge in [-0.25, -0.2) is 0 Å². The van der Waals surface area contributed by atoms with Crippen LogP contribution in [-0.2, 0) is 4.79 Å². The van der Waals surface area contributed by atoms with Gasteiger partial charge < -0.3 is 10.6 Å². The molecule has 1 heterocycles. The molecule has 94 valence electrons. The van der Waals surface area contributed by atoms with Gasteiger partial charge in [-0.2, -0.15) is 0 Å². The second kappa shape index (κ2) is 6.21. The largest absolute Gasteiger partial charge is 0.356 e. The van der Waals surface area contributed by atoms with E-state index in [0.717, 1.165) is 39.1 Å². The van der Waals surface area contributed by atoms with E-state index in [0.29, 0.717) is 6.42 Å². The summed E-state index contributed by atoms with van der Waals surface area (Å²) in [5.74, 6) is 0.172. The molecule has 0 saturated carbocycles. The highest BCUT2D eigenvalue weighted by Crippen LogP contribution is 2.19. The molecule has 2 N–H and O–H groups in total. The predicted molar refractivity (Wildman–Crippen MR) is 66.4 cm³/mol. The Morgan fingerprint density at radius 2 is 2.00 bits per heavy atom. The summed E-state index contributed by atoms with van der Waals surface area (Å²) in [6.07, 6.45) is 1.59. The van der Waals surface area contributed by atoms with Gasteiger partial charge in [0.15, 0.2) is 0 Å². The van der Waals surface area contributed by atoms with Gasteiger partial charge in [-0.05, 0) is 20.3 Å². The summed E-state index contributed by atoms with van der Waals surface area (Å²) >= 11 is 0. The summed E-state index contributed by atoms with van der Waals surface area (Å²) in [6.45, 7) is 11.3. The number of hydrogen-bond acceptors (Lipinski definition) is 3. The Morgan fingerprint density at radius 3 is 2.56 bits per heavy atom. The second-order valence-electron chi connectivity index (χ2n) is 5.08. The van der Waals surface area contributed by atoms with Gasteiger partial charge in [0.2, 0.25) is 5.91 Å². The molecule has 0 aromatic heterocycles. The van der Waals surface area contributed by atoms with Gasteiger partial charge in [-0.15, -0.1) is 0 Å². The third kappa shape index (κ3) is 4.10. The van der Waals surface area contributed by atoms with E-state index in [4.69, 9.17) is 0 Å². The fourth-order valence-electron chi connectivity index (χ4n) is 2.10. The molecule has 0 unspecified atom stereocenters. The first-order chi connectivity index (χ1) is 7.56. The Morgan fingerprint density at radius 1 is 1.38 bits per heavy atom. The third-order valence-electron chi connectivity index (χ3n) is 3.14. The molecule has 0 spiro atoms. The lowest BCUT2D eigenvalue weighted by Crippen LogP contribution is -2.54. The maximum absolute atomic E-state index is 11.7. The lowest BCUT2D eigenvalue weighted by Gasteiger charge is -2.40. The van der Waals surface area contributed by atoms with Crippen LogP contribution in [0, 0.1) is 0 Å². The van der Waals surface area contributed by atoms with Crippen LogP contribution in [0.3, 0.4) is 0 Å². The van der Waals surface area contributed by atoms with Crippen molar-refractivity contribution in [2.75, 3.05) is 32.7 Å². The molecular formula is C12H25N3O. The summed E-state index contributed by atoms with van der Waals surface area (Å²) in [6, 6.07) is 0. The molecule has 0 aliphatic carbocycles. The van der Waals surface area contributed by atoms with Crippen LogP contribution in [0.1, 0.15) is 33.6 Å². The summed E-state index contributed by atoms with van der Waals surface area (Å²) in [7, 11) is 0. The molecule has 1 aliphatic rings. The average Bonchev–Trinajstić information content (AvgIpc) is 2.27. The van der Waals surface area contributed by atoms with Gasteiger partial charge >= 0.3 is 0 Å². The fraction of sp³-hybridized carbons (Fsp3) is 0.917. The van der Waals surface area contributed by atoms with Crippen LogP contribution in [0.25, 0.3) is 0 Å². The van der Waals surface area contributed by atoms with Crippen LogP contribution in [0.4, 0.5) is 0 Å². The molecule has 1 saturated heterocycles. The molecular weight excluding hydrogens is 202 g/mol. The molecule has 1 fully saturated rings. The third-order valence-corrected chi connectivity index (χ3v) is 3.14. The van der Waals surface area contributed by atoms with Gasteiger partial charge in [0.05, 0.1) is 0 Å². The van der Waals surface area contributed by atoms with E-state index >= 15 is 0 Å². The topological polar surface area (TPSA) is 44.4 Å². The van der Waals surface area contributed by atoms with Gasteiger partial charge in [0.1, 0.15) is 0 Å². The molecule has 0 atom stereocenters. The Hall–Kier alpha value is -0.610. The van der Waals surface area contributed by atoms with E-state index < -0.39 is 0 Å². The summed E-state index contributed by atoms with van der Waals surface area (Å²) in [5.41, 5.74) is -0.0279. The summed E-state index contributed by atoms with van der Waals surface area (Å²) in [5, 5.41) is 6.28. The van der Waals surface area contributed by atoms with E-state index in [-0.39, 0.29) is 11.4 Å². The fourth-order valence-corrected chi connectivity index (χ4v) is 2.10. The van der Waals surface area contributed by atoms with Gasteiger partial charge in [0, 0.05) is 44.7 Å². The first-order valence-electron chi connectivity index (χ1n) is 6.29. The van der Waals surface area contributed by atoms with Crippen molar-refractivity contribution in [3.8, 4) is 0 Å². The van der Waals surface area contributed by atoms with Crippen molar-refractivity contribution in [3.63, 3.8) is 0 Å². The van der Waals surface area contributed by atoms with Crippen LogP contribution < -0.4 is 10.6 Å². The van der Waals surface area contributed by atoms with Crippen molar-refractivity contribution in [1.29, 1.82) is 0 Å². The smallest absolute Gasteiger partial charge is 0.221 e. The van der Waals surface area contributed by atoms with Crippen molar-refractivity contribution in [2.24, 2.45) is 0 Å². The van der Waals surface area contributed by atoms with Crippen LogP contribution in [0.2, 0.25) is 0 Å². The zero-order chi connectivity index (χ0) is 12.0. The Labute approximate surface area is 98.8 Å². The standard InChI is InChI=1S/C12H25N3O/c1-4-5-14-11(16)10-12(2,3)15-8-6-13-7-9-15/h13H,4-10H2,1-3H3,(H,14,16). The average molecular weight is 227 g/mol. The van der Waals surface area contributed by atoms with E-state index in [2.05, 4.69) is 36.3 Å². The molecule has 4 heteroatoms. The van der Waals surface area contributed by atoms with E-state index in [1.165, 1.54) is 0 Å². The molecule has 0 radical (unpaired) electrons. The minimum atomic E-state index is -0.0279. The van der Waals surface area contributed by atoms with Crippen LogP contribution in [0.15, 0.2) is 0 Å². The van der Waals surface area contributed by atoms with Crippen LogP contribution in [0.5, 0.6) is 0 Å². The number of nitrogens with zero attached hydrogens (tertiary/aromatic N) is 1. The van der Waals surface area contributed by atoms with Crippen molar-refractivity contribution in [2.45, 2.75) is 39.2 Å². The monoisotopic (exact) mass is 227 g/mol. The lowest BCUT2D eigenvalue weighted by atomic mass is 9.96. The number of nitrogens with one attached hydrogen (secondary N) is 2. The van der Waals surface area contributed by atoms with Crippen molar-refractivity contribution in [3.05, 3.63) is 0 Å². The predicted octanol–water partition coefficient (Wildman–Crippen LogP) is 0.587. The molecule has 4 nitrogen and oxygen atoms in total. The number of amides is 1. The molecule has 0 aromatic carbocycles. The zero-order valence-corrected chi connectivity index (χ0v) is 10.8. The van der Waals surface area contributed by atoms with Gasteiger partial charge in [0.25, 0.3) is 0 Å². The highest BCUT2D eigenvalue weighted by molar-refractivity contribution is 5.77.